The number of nitrogens with one attached hydrogen (secondary N) is 2. The Labute approximate surface area is 149 Å². The number of carbonyl (C=O) groups excluding carboxylic acids is 1. The molecular formula is C20H16N4O2. The molecule has 0 unspecified atom stereocenters. The second-order valence-corrected chi connectivity index (χ2v) is 5.93. The van der Waals surface area contributed by atoms with Crippen LogP contribution in [0.25, 0.3) is 16.7 Å². The smallest absolute Gasteiger partial charge is 0.273 e. The van der Waals surface area contributed by atoms with Gasteiger partial charge in [0.1, 0.15) is 11.3 Å². The minimum atomic E-state index is -0.376. The molecule has 1 amide bonds. The Hall–Kier alpha value is -3.67. The quantitative estimate of drug-likeness (QED) is 0.598. The van der Waals surface area contributed by atoms with Gasteiger partial charge in [-0.25, -0.2) is 4.68 Å². The fraction of sp³-hybridized carbons (Fsp3) is 0.0500. The summed E-state index contributed by atoms with van der Waals surface area (Å²) >= 11 is 0. The topological polar surface area (TPSA) is 79.8 Å². The van der Waals surface area contributed by atoms with Crippen molar-refractivity contribution in [2.24, 2.45) is 0 Å². The molecule has 0 fully saturated rings. The van der Waals surface area contributed by atoms with Gasteiger partial charge in [-0.1, -0.05) is 36.4 Å². The van der Waals surface area contributed by atoms with Gasteiger partial charge >= 0.3 is 0 Å². The maximum Gasteiger partial charge on any atom is 0.273 e. The standard InChI is InChI=1S/C20H16N4O2/c1-13-16-12-17(21-19(25)14-8-4-2-5-9-14)20(26)22-18(16)24(23-13)15-10-6-3-7-11-15/h2-12H,1H3,(H,21,25)(H,22,26). The molecule has 2 heterocycles. The van der Waals surface area contributed by atoms with Gasteiger partial charge in [-0.3, -0.25) is 9.59 Å². The Bertz CT molecular complexity index is 1150. The molecule has 0 aliphatic heterocycles. The van der Waals surface area contributed by atoms with E-state index in [2.05, 4.69) is 15.4 Å². The minimum Gasteiger partial charge on any atom is -0.317 e. The van der Waals surface area contributed by atoms with Crippen molar-refractivity contribution in [3.05, 3.63) is 88.3 Å². The van der Waals surface area contributed by atoms with E-state index in [-0.39, 0.29) is 17.2 Å². The van der Waals surface area contributed by atoms with Crippen LogP contribution < -0.4 is 10.9 Å². The summed E-state index contributed by atoms with van der Waals surface area (Å²) in [5, 5.41) is 7.96. The number of nitrogens with zero attached hydrogens (tertiary/aromatic N) is 2. The number of aromatic amines is 1. The number of carbonyl (C=O) groups is 1. The largest absolute Gasteiger partial charge is 0.317 e. The van der Waals surface area contributed by atoms with E-state index in [1.807, 2.05) is 43.3 Å². The van der Waals surface area contributed by atoms with E-state index in [4.69, 9.17) is 0 Å². The lowest BCUT2D eigenvalue weighted by atomic mass is 10.2. The molecule has 0 bridgehead atoms. The van der Waals surface area contributed by atoms with Crippen LogP contribution in [0, 0.1) is 6.92 Å². The van der Waals surface area contributed by atoms with E-state index in [1.54, 1.807) is 35.0 Å². The van der Waals surface area contributed by atoms with Crippen molar-refractivity contribution in [1.82, 2.24) is 14.8 Å². The lowest BCUT2D eigenvalue weighted by Gasteiger charge is -2.06. The molecule has 0 saturated carbocycles. The van der Waals surface area contributed by atoms with Crippen LogP contribution in [0.3, 0.4) is 0 Å². The molecule has 2 N–H and O–H groups in total. The first kappa shape index (κ1) is 15.8. The predicted molar refractivity (Wildman–Crippen MR) is 101 cm³/mol. The number of H-pyrrole nitrogens is 1. The number of hydrogen-bond donors (Lipinski definition) is 2. The molecule has 128 valence electrons. The molecule has 4 rings (SSSR count). The SMILES string of the molecule is Cc1nn(-c2ccccc2)c2[nH]c(=O)c(NC(=O)c3ccccc3)cc12. The summed E-state index contributed by atoms with van der Waals surface area (Å²) in [5.41, 5.74) is 2.51. The van der Waals surface area contributed by atoms with Crippen molar-refractivity contribution >= 4 is 22.6 Å². The lowest BCUT2D eigenvalue weighted by molar-refractivity contribution is 0.102. The van der Waals surface area contributed by atoms with Gasteiger partial charge in [0.05, 0.1) is 11.4 Å². The summed E-state index contributed by atoms with van der Waals surface area (Å²) in [5.74, 6) is -0.330. The van der Waals surface area contributed by atoms with Gasteiger partial charge in [-0.2, -0.15) is 5.10 Å². The van der Waals surface area contributed by atoms with E-state index >= 15 is 0 Å². The van der Waals surface area contributed by atoms with Crippen LogP contribution in [0.2, 0.25) is 0 Å². The highest BCUT2D eigenvalue weighted by molar-refractivity contribution is 6.04. The summed E-state index contributed by atoms with van der Waals surface area (Å²) in [6.45, 7) is 1.86. The molecule has 2 aromatic heterocycles. The highest BCUT2D eigenvalue weighted by Gasteiger charge is 2.14. The van der Waals surface area contributed by atoms with Gasteiger partial charge < -0.3 is 10.3 Å². The summed E-state index contributed by atoms with van der Waals surface area (Å²) in [6, 6.07) is 20.0. The van der Waals surface area contributed by atoms with Crippen molar-refractivity contribution in [3.8, 4) is 5.69 Å². The molecule has 0 radical (unpaired) electrons. The highest BCUT2D eigenvalue weighted by Crippen LogP contribution is 2.21. The summed E-state index contributed by atoms with van der Waals surface area (Å²) in [6.07, 6.45) is 0. The number of pyridine rings is 1. The first-order chi connectivity index (χ1) is 12.6. The zero-order valence-electron chi connectivity index (χ0n) is 14.1. The summed E-state index contributed by atoms with van der Waals surface area (Å²) < 4.78 is 1.69. The minimum absolute atomic E-state index is 0.196. The normalized spacial score (nSPS) is 10.8. The fourth-order valence-electron chi connectivity index (χ4n) is 2.85. The third-order valence-corrected chi connectivity index (χ3v) is 4.16. The number of aryl methyl sites for hydroxylation is 1. The molecule has 0 aliphatic carbocycles. The van der Waals surface area contributed by atoms with E-state index in [9.17, 15) is 9.59 Å². The Morgan fingerprint density at radius 1 is 1.04 bits per heavy atom. The van der Waals surface area contributed by atoms with Crippen LogP contribution in [0.4, 0.5) is 5.69 Å². The Morgan fingerprint density at radius 2 is 1.69 bits per heavy atom. The van der Waals surface area contributed by atoms with Gasteiger partial charge in [0.25, 0.3) is 11.5 Å². The second kappa shape index (κ2) is 6.33. The molecule has 0 aliphatic rings. The second-order valence-electron chi connectivity index (χ2n) is 5.93. The van der Waals surface area contributed by atoms with Gasteiger partial charge in [-0.05, 0) is 37.3 Å². The number of para-hydroxylation sites is 1. The van der Waals surface area contributed by atoms with E-state index in [1.165, 1.54) is 0 Å². The third-order valence-electron chi connectivity index (χ3n) is 4.16. The molecule has 6 heteroatoms. The van der Waals surface area contributed by atoms with Crippen LogP contribution in [0.15, 0.2) is 71.5 Å². The lowest BCUT2D eigenvalue weighted by Crippen LogP contribution is -2.20. The number of anilines is 1. The number of aromatic nitrogens is 3. The van der Waals surface area contributed by atoms with E-state index < -0.39 is 0 Å². The maximum atomic E-state index is 12.5. The maximum absolute atomic E-state index is 12.5. The van der Waals surface area contributed by atoms with Crippen LogP contribution in [0.1, 0.15) is 16.1 Å². The molecule has 0 saturated heterocycles. The highest BCUT2D eigenvalue weighted by atomic mass is 16.2. The van der Waals surface area contributed by atoms with Crippen molar-refractivity contribution < 1.29 is 4.79 Å². The monoisotopic (exact) mass is 344 g/mol. The molecular weight excluding hydrogens is 328 g/mol. The number of hydrogen-bond acceptors (Lipinski definition) is 3. The van der Waals surface area contributed by atoms with Crippen molar-refractivity contribution in [1.29, 1.82) is 0 Å². The summed E-state index contributed by atoms with van der Waals surface area (Å²) in [7, 11) is 0. The van der Waals surface area contributed by atoms with E-state index in [0.29, 0.717) is 11.2 Å². The van der Waals surface area contributed by atoms with Crippen LogP contribution in [0.5, 0.6) is 0 Å². The van der Waals surface area contributed by atoms with Gasteiger partial charge in [0.2, 0.25) is 0 Å². The average Bonchev–Trinajstić information content (AvgIpc) is 2.99. The average molecular weight is 344 g/mol. The van der Waals surface area contributed by atoms with Gasteiger partial charge in [0, 0.05) is 10.9 Å². The van der Waals surface area contributed by atoms with Gasteiger partial charge in [-0.15, -0.1) is 0 Å². The number of amides is 1. The third kappa shape index (κ3) is 2.77. The molecule has 0 atom stereocenters. The van der Waals surface area contributed by atoms with Crippen molar-refractivity contribution in [2.45, 2.75) is 6.92 Å². The van der Waals surface area contributed by atoms with E-state index in [0.717, 1.165) is 16.8 Å². The zero-order chi connectivity index (χ0) is 18.1. The number of fused-ring (bicyclic) bond motifs is 1. The molecule has 4 aromatic rings. The predicted octanol–water partition coefficient (Wildman–Crippen LogP) is 3.27. The molecule has 0 spiro atoms. The van der Waals surface area contributed by atoms with Crippen molar-refractivity contribution in [3.63, 3.8) is 0 Å². The fourth-order valence-corrected chi connectivity index (χ4v) is 2.85. The Morgan fingerprint density at radius 3 is 2.38 bits per heavy atom. The van der Waals surface area contributed by atoms with Crippen molar-refractivity contribution in [2.75, 3.05) is 5.32 Å². The first-order valence-corrected chi connectivity index (χ1v) is 8.18. The molecule has 2 aromatic carbocycles. The Kier molecular flexibility index (Phi) is 3.85. The number of benzene rings is 2. The first-order valence-electron chi connectivity index (χ1n) is 8.18. The van der Waals surface area contributed by atoms with Crippen LogP contribution in [-0.2, 0) is 0 Å². The Balaban J connectivity index is 1.77. The van der Waals surface area contributed by atoms with Crippen LogP contribution >= 0.6 is 0 Å². The summed E-state index contributed by atoms with van der Waals surface area (Å²) in [4.78, 5) is 27.6. The number of rotatable bonds is 3. The zero-order valence-corrected chi connectivity index (χ0v) is 14.1. The molecule has 26 heavy (non-hydrogen) atoms. The van der Waals surface area contributed by atoms with Gasteiger partial charge in [0.15, 0.2) is 0 Å². The van der Waals surface area contributed by atoms with Crippen LogP contribution in [-0.4, -0.2) is 20.7 Å². The molecule has 6 nitrogen and oxygen atoms in total.